The van der Waals surface area contributed by atoms with Gasteiger partial charge in [0, 0.05) is 43.4 Å². The van der Waals surface area contributed by atoms with Gasteiger partial charge in [-0.15, -0.1) is 0 Å². The number of hydrogen-bond donors (Lipinski definition) is 1. The topological polar surface area (TPSA) is 124 Å². The molecule has 0 amide bonds. The molecule has 0 saturated carbocycles. The lowest BCUT2D eigenvalue weighted by Gasteiger charge is -2.35. The number of nitro benzene ring substituents is 1. The largest absolute Gasteiger partial charge is 0.371 e. The van der Waals surface area contributed by atoms with Crippen molar-refractivity contribution in [1.29, 1.82) is 0 Å². The first kappa shape index (κ1) is 20.3. The van der Waals surface area contributed by atoms with E-state index in [0.717, 1.165) is 42.2 Å². The molecule has 3 aromatic rings. The molecule has 2 aromatic carbocycles. The van der Waals surface area contributed by atoms with Crippen molar-refractivity contribution in [3.05, 3.63) is 58.4 Å². The molecule has 0 radical (unpaired) electrons. The second-order valence-electron chi connectivity index (χ2n) is 7.45. The van der Waals surface area contributed by atoms with E-state index in [4.69, 9.17) is 10.1 Å². The minimum Gasteiger partial charge on any atom is -0.371 e. The van der Waals surface area contributed by atoms with Crippen molar-refractivity contribution in [3.63, 3.8) is 0 Å². The maximum atomic E-state index is 11.8. The molecule has 0 bridgehead atoms. The molecule has 2 N–H and O–H groups in total. The third-order valence-electron chi connectivity index (χ3n) is 5.60. The zero-order chi connectivity index (χ0) is 21.5. The van der Waals surface area contributed by atoms with E-state index in [1.807, 2.05) is 23.1 Å². The SMILES string of the molecule is CCc1nc2ccccc2n1C1CCN(c2cc([N+](=O)[O-])cc(S(N)(=O)=O)c2)CC1. The number of primary sulfonamides is 1. The summed E-state index contributed by atoms with van der Waals surface area (Å²) in [5.41, 5.74) is 2.30. The third kappa shape index (κ3) is 3.75. The van der Waals surface area contributed by atoms with Crippen LogP contribution in [0.25, 0.3) is 11.0 Å². The molecule has 158 valence electrons. The number of anilines is 1. The summed E-state index contributed by atoms with van der Waals surface area (Å²) in [4.78, 5) is 17.1. The summed E-state index contributed by atoms with van der Waals surface area (Å²) in [5.74, 6) is 1.04. The van der Waals surface area contributed by atoms with Crippen molar-refractivity contribution in [3.8, 4) is 0 Å². The maximum Gasteiger partial charge on any atom is 0.272 e. The van der Waals surface area contributed by atoms with Crippen LogP contribution in [0.3, 0.4) is 0 Å². The van der Waals surface area contributed by atoms with E-state index in [1.165, 1.54) is 12.1 Å². The van der Waals surface area contributed by atoms with Gasteiger partial charge in [-0.3, -0.25) is 10.1 Å². The Morgan fingerprint density at radius 2 is 1.90 bits per heavy atom. The van der Waals surface area contributed by atoms with E-state index in [9.17, 15) is 18.5 Å². The van der Waals surface area contributed by atoms with Crippen molar-refractivity contribution in [2.45, 2.75) is 37.1 Å². The first-order valence-electron chi connectivity index (χ1n) is 9.81. The van der Waals surface area contributed by atoms with Gasteiger partial charge in [0.2, 0.25) is 10.0 Å². The molecule has 0 unspecified atom stereocenters. The molecule has 4 rings (SSSR count). The summed E-state index contributed by atoms with van der Waals surface area (Å²) in [7, 11) is -4.04. The molecule has 30 heavy (non-hydrogen) atoms. The van der Waals surface area contributed by atoms with Crippen LogP contribution >= 0.6 is 0 Å². The molecule has 1 saturated heterocycles. The summed E-state index contributed by atoms with van der Waals surface area (Å²) in [6.45, 7) is 3.38. The van der Waals surface area contributed by atoms with E-state index in [1.54, 1.807) is 0 Å². The number of nitro groups is 1. The third-order valence-corrected chi connectivity index (χ3v) is 6.49. The van der Waals surface area contributed by atoms with E-state index in [0.29, 0.717) is 18.8 Å². The number of piperidine rings is 1. The lowest BCUT2D eigenvalue weighted by atomic mass is 10.0. The highest BCUT2D eigenvalue weighted by Gasteiger charge is 2.26. The van der Waals surface area contributed by atoms with Gasteiger partial charge in [0.05, 0.1) is 20.9 Å². The number of rotatable bonds is 5. The van der Waals surface area contributed by atoms with Crippen LogP contribution in [0.1, 0.15) is 31.6 Å². The Balaban J connectivity index is 1.62. The van der Waals surface area contributed by atoms with Crippen LogP contribution in [0.4, 0.5) is 11.4 Å². The van der Waals surface area contributed by atoms with Crippen LogP contribution < -0.4 is 10.0 Å². The normalized spacial score (nSPS) is 15.6. The Morgan fingerprint density at radius 1 is 1.20 bits per heavy atom. The Hall–Kier alpha value is -2.98. The number of non-ortho nitro benzene ring substituents is 1. The summed E-state index contributed by atoms with van der Waals surface area (Å²) >= 11 is 0. The van der Waals surface area contributed by atoms with Crippen molar-refractivity contribution in [1.82, 2.24) is 9.55 Å². The number of hydrogen-bond acceptors (Lipinski definition) is 6. The van der Waals surface area contributed by atoms with Crippen molar-refractivity contribution >= 4 is 32.4 Å². The average Bonchev–Trinajstić information content (AvgIpc) is 3.11. The fourth-order valence-corrected chi connectivity index (χ4v) is 4.72. The van der Waals surface area contributed by atoms with E-state index in [2.05, 4.69) is 17.6 Å². The summed E-state index contributed by atoms with van der Waals surface area (Å²) < 4.78 is 25.8. The molecule has 1 aliphatic rings. The van der Waals surface area contributed by atoms with Gasteiger partial charge in [-0.05, 0) is 31.0 Å². The zero-order valence-corrected chi connectivity index (χ0v) is 17.4. The molecule has 9 nitrogen and oxygen atoms in total. The van der Waals surface area contributed by atoms with Crippen LogP contribution in [0, 0.1) is 10.1 Å². The minimum absolute atomic E-state index is 0.248. The number of aromatic nitrogens is 2. The molecule has 1 aliphatic heterocycles. The monoisotopic (exact) mass is 429 g/mol. The molecule has 1 aromatic heterocycles. The van der Waals surface area contributed by atoms with Crippen LogP contribution in [-0.4, -0.2) is 36.0 Å². The van der Waals surface area contributed by atoms with Crippen LogP contribution in [0.2, 0.25) is 0 Å². The van der Waals surface area contributed by atoms with Gasteiger partial charge in [-0.1, -0.05) is 19.1 Å². The van der Waals surface area contributed by atoms with Gasteiger partial charge in [0.15, 0.2) is 0 Å². The standard InChI is InChI=1S/C20H23N5O4S/c1-2-20-22-18-5-3-4-6-19(18)24(20)14-7-9-23(10-8-14)15-11-16(25(26)27)13-17(12-15)30(21,28)29/h3-6,11-14H,2,7-10H2,1H3,(H2,21,28,29). The molecule has 1 fully saturated rings. The van der Waals surface area contributed by atoms with Crippen LogP contribution in [0.15, 0.2) is 47.4 Å². The first-order chi connectivity index (χ1) is 14.3. The predicted molar refractivity (Wildman–Crippen MR) is 114 cm³/mol. The van der Waals surface area contributed by atoms with Crippen molar-refractivity contribution in [2.75, 3.05) is 18.0 Å². The average molecular weight is 430 g/mol. The van der Waals surface area contributed by atoms with Gasteiger partial charge < -0.3 is 9.47 Å². The molecule has 0 aliphatic carbocycles. The van der Waals surface area contributed by atoms with Crippen LogP contribution in [0.5, 0.6) is 0 Å². The van der Waals surface area contributed by atoms with Crippen molar-refractivity contribution in [2.24, 2.45) is 5.14 Å². The predicted octanol–water partition coefficient (Wildman–Crippen LogP) is 3.00. The Kier molecular flexibility index (Phi) is 5.20. The van der Waals surface area contributed by atoms with Gasteiger partial charge in [-0.2, -0.15) is 0 Å². The lowest BCUT2D eigenvalue weighted by Crippen LogP contribution is -2.35. The number of para-hydroxylation sites is 2. The molecular weight excluding hydrogens is 406 g/mol. The van der Waals surface area contributed by atoms with Gasteiger partial charge in [0.1, 0.15) is 5.82 Å². The highest BCUT2D eigenvalue weighted by atomic mass is 32.2. The quantitative estimate of drug-likeness (QED) is 0.491. The number of imidazole rings is 1. The molecule has 10 heteroatoms. The lowest BCUT2D eigenvalue weighted by molar-refractivity contribution is -0.385. The fourth-order valence-electron chi connectivity index (χ4n) is 4.15. The Morgan fingerprint density at radius 3 is 2.53 bits per heavy atom. The number of nitrogens with two attached hydrogens (primary N) is 1. The highest BCUT2D eigenvalue weighted by Crippen LogP contribution is 2.33. The zero-order valence-electron chi connectivity index (χ0n) is 16.6. The second kappa shape index (κ2) is 7.69. The van der Waals surface area contributed by atoms with Crippen molar-refractivity contribution < 1.29 is 13.3 Å². The number of sulfonamides is 1. The van der Waals surface area contributed by atoms with Gasteiger partial charge >= 0.3 is 0 Å². The van der Waals surface area contributed by atoms with Gasteiger partial charge in [-0.25, -0.2) is 18.5 Å². The van der Waals surface area contributed by atoms with Gasteiger partial charge in [0.25, 0.3) is 5.69 Å². The highest BCUT2D eigenvalue weighted by molar-refractivity contribution is 7.89. The number of aryl methyl sites for hydroxylation is 1. The number of fused-ring (bicyclic) bond motifs is 1. The molecular formula is C20H23N5O4S. The Labute approximate surface area is 174 Å². The van der Waals surface area contributed by atoms with E-state index < -0.39 is 14.9 Å². The summed E-state index contributed by atoms with van der Waals surface area (Å²) in [6, 6.07) is 12.1. The molecule has 0 spiro atoms. The Bertz CT molecular complexity index is 1210. The second-order valence-corrected chi connectivity index (χ2v) is 9.01. The summed E-state index contributed by atoms with van der Waals surface area (Å²) in [5, 5.41) is 16.5. The number of nitrogens with zero attached hydrogens (tertiary/aromatic N) is 4. The smallest absolute Gasteiger partial charge is 0.272 e. The maximum absolute atomic E-state index is 11.8. The minimum atomic E-state index is -4.04. The van der Waals surface area contributed by atoms with E-state index in [-0.39, 0.29) is 16.6 Å². The molecule has 2 heterocycles. The summed E-state index contributed by atoms with van der Waals surface area (Å²) in [6.07, 6.45) is 2.47. The number of benzene rings is 2. The van der Waals surface area contributed by atoms with Crippen LogP contribution in [-0.2, 0) is 16.4 Å². The fraction of sp³-hybridized carbons (Fsp3) is 0.350. The molecule has 0 atom stereocenters. The first-order valence-corrected chi connectivity index (χ1v) is 11.4. The van der Waals surface area contributed by atoms with E-state index >= 15 is 0 Å².